The summed E-state index contributed by atoms with van der Waals surface area (Å²) in [5.74, 6) is 0.946. The number of anilines is 2. The Hall–Kier alpha value is -2.09. The number of nitrogens with one attached hydrogen (secondary N) is 2. The summed E-state index contributed by atoms with van der Waals surface area (Å²) in [6.45, 7) is 4.65. The van der Waals surface area contributed by atoms with Crippen LogP contribution in [0.5, 0.6) is 0 Å². The van der Waals surface area contributed by atoms with E-state index in [-0.39, 0.29) is 11.6 Å². The topological polar surface area (TPSA) is 92.7 Å². The second kappa shape index (κ2) is 6.19. The number of carbonyl (C=O) groups excluding carboxylic acids is 1. The Balaban J connectivity index is 1.99. The lowest BCUT2D eigenvalue weighted by molar-refractivity contribution is 0.102. The van der Waals surface area contributed by atoms with E-state index < -0.39 is 0 Å². The van der Waals surface area contributed by atoms with E-state index in [1.807, 2.05) is 0 Å². The van der Waals surface area contributed by atoms with Crippen LogP contribution >= 0.6 is 11.5 Å². The van der Waals surface area contributed by atoms with E-state index in [1.54, 1.807) is 19.1 Å². The van der Waals surface area contributed by atoms with Gasteiger partial charge in [-0.15, -0.1) is 10.2 Å². The Kier molecular flexibility index (Phi) is 4.35. The van der Waals surface area contributed by atoms with Crippen molar-refractivity contribution in [1.82, 2.24) is 19.6 Å². The molecular formula is C11H14N6OS. The number of aryl methyl sites for hydroxylation is 1. The number of hydrogen-bond donors (Lipinski definition) is 2. The largest absolute Gasteiger partial charge is 0.369 e. The highest BCUT2D eigenvalue weighted by Crippen LogP contribution is 2.11. The summed E-state index contributed by atoms with van der Waals surface area (Å²) in [5.41, 5.74) is 0.245. The van der Waals surface area contributed by atoms with Gasteiger partial charge in [0.1, 0.15) is 11.6 Å². The summed E-state index contributed by atoms with van der Waals surface area (Å²) in [6.07, 6.45) is 1.00. The second-order valence-corrected chi connectivity index (χ2v) is 4.58. The molecule has 0 bridgehead atoms. The average molecular weight is 278 g/mol. The molecule has 100 valence electrons. The van der Waals surface area contributed by atoms with Gasteiger partial charge in [-0.3, -0.25) is 10.1 Å². The van der Waals surface area contributed by atoms with Crippen LogP contribution in [0.1, 0.15) is 29.7 Å². The second-order valence-electron chi connectivity index (χ2n) is 3.83. The summed E-state index contributed by atoms with van der Waals surface area (Å²) in [6, 6.07) is 3.34. The Morgan fingerprint density at radius 2 is 2.21 bits per heavy atom. The lowest BCUT2D eigenvalue weighted by Crippen LogP contribution is -2.14. The first-order chi connectivity index (χ1) is 9.19. The first kappa shape index (κ1) is 13.3. The summed E-state index contributed by atoms with van der Waals surface area (Å²) in [4.78, 5) is 15.9. The Morgan fingerprint density at radius 3 is 2.79 bits per heavy atom. The van der Waals surface area contributed by atoms with Crippen molar-refractivity contribution < 1.29 is 4.79 Å². The van der Waals surface area contributed by atoms with Gasteiger partial charge in [0.2, 0.25) is 5.13 Å². The highest BCUT2D eigenvalue weighted by molar-refractivity contribution is 7.09. The van der Waals surface area contributed by atoms with E-state index in [9.17, 15) is 4.79 Å². The molecule has 0 unspecified atom stereocenters. The van der Waals surface area contributed by atoms with Crippen LogP contribution in [0.3, 0.4) is 0 Å². The Morgan fingerprint density at radius 1 is 1.37 bits per heavy atom. The summed E-state index contributed by atoms with van der Waals surface area (Å²) in [5, 5.41) is 14.0. The average Bonchev–Trinajstić information content (AvgIpc) is 2.82. The third-order valence-corrected chi connectivity index (χ3v) is 2.92. The molecule has 2 aromatic rings. The van der Waals surface area contributed by atoms with E-state index >= 15 is 0 Å². The monoisotopic (exact) mass is 278 g/mol. The summed E-state index contributed by atoms with van der Waals surface area (Å²) in [7, 11) is 0. The van der Waals surface area contributed by atoms with Crippen LogP contribution < -0.4 is 10.6 Å². The molecule has 2 heterocycles. The van der Waals surface area contributed by atoms with Gasteiger partial charge in [0.15, 0.2) is 5.69 Å². The fourth-order valence-electron chi connectivity index (χ4n) is 1.31. The third-order valence-electron chi connectivity index (χ3n) is 2.20. The first-order valence-corrected chi connectivity index (χ1v) is 6.65. The summed E-state index contributed by atoms with van der Waals surface area (Å²) < 4.78 is 3.98. The number of hydrogen-bond acceptors (Lipinski definition) is 7. The first-order valence-electron chi connectivity index (χ1n) is 5.88. The normalized spacial score (nSPS) is 10.2. The zero-order valence-corrected chi connectivity index (χ0v) is 11.5. The molecule has 0 spiro atoms. The minimum Gasteiger partial charge on any atom is -0.369 e. The summed E-state index contributed by atoms with van der Waals surface area (Å²) >= 11 is 1.13. The molecule has 8 heteroatoms. The minimum atomic E-state index is -0.342. The van der Waals surface area contributed by atoms with Gasteiger partial charge in [0.25, 0.3) is 5.91 Å². The molecule has 0 saturated carbocycles. The number of amides is 1. The lowest BCUT2D eigenvalue weighted by Gasteiger charge is -2.03. The highest BCUT2D eigenvalue weighted by Gasteiger charge is 2.10. The molecule has 2 aromatic heterocycles. The van der Waals surface area contributed by atoms with Gasteiger partial charge < -0.3 is 5.32 Å². The molecule has 0 aliphatic rings. The van der Waals surface area contributed by atoms with Crippen LogP contribution in [0, 0.1) is 6.92 Å². The van der Waals surface area contributed by atoms with E-state index in [4.69, 9.17) is 0 Å². The molecule has 19 heavy (non-hydrogen) atoms. The maximum absolute atomic E-state index is 11.9. The van der Waals surface area contributed by atoms with Crippen molar-refractivity contribution in [2.45, 2.75) is 20.3 Å². The van der Waals surface area contributed by atoms with Crippen molar-refractivity contribution in [3.63, 3.8) is 0 Å². The molecule has 7 nitrogen and oxygen atoms in total. The maximum atomic E-state index is 11.9. The zero-order chi connectivity index (χ0) is 13.7. The number of carbonyl (C=O) groups is 1. The van der Waals surface area contributed by atoms with E-state index in [2.05, 4.69) is 37.1 Å². The fourth-order valence-corrected chi connectivity index (χ4v) is 1.88. The molecular weight excluding hydrogens is 264 g/mol. The SMILES string of the molecule is CCCNc1ccc(C(=O)Nc2nc(C)ns2)nn1. The molecule has 0 aliphatic carbocycles. The van der Waals surface area contributed by atoms with Crippen LogP contribution in [0.2, 0.25) is 0 Å². The smallest absolute Gasteiger partial charge is 0.277 e. The van der Waals surface area contributed by atoms with Gasteiger partial charge in [-0.2, -0.15) is 4.37 Å². The molecule has 1 amide bonds. The molecule has 2 N–H and O–H groups in total. The molecule has 0 aliphatic heterocycles. The van der Waals surface area contributed by atoms with Crippen molar-refractivity contribution in [3.8, 4) is 0 Å². The molecule has 0 atom stereocenters. The molecule has 0 saturated heterocycles. The Bertz CT molecular complexity index is 553. The quantitative estimate of drug-likeness (QED) is 0.865. The maximum Gasteiger partial charge on any atom is 0.277 e. The third kappa shape index (κ3) is 3.68. The van der Waals surface area contributed by atoms with Gasteiger partial charge in [0.05, 0.1) is 0 Å². The van der Waals surface area contributed by atoms with Gasteiger partial charge >= 0.3 is 0 Å². The predicted octanol–water partition coefficient (Wildman–Crippen LogP) is 1.71. The van der Waals surface area contributed by atoms with Gasteiger partial charge in [0, 0.05) is 18.1 Å². The van der Waals surface area contributed by atoms with Crippen molar-refractivity contribution in [1.29, 1.82) is 0 Å². The predicted molar refractivity (Wildman–Crippen MR) is 73.4 cm³/mol. The standard InChI is InChI=1S/C11H14N6OS/c1-3-6-12-9-5-4-8(15-16-9)10(18)14-11-13-7(2)17-19-11/h4-5H,3,6H2,1-2H3,(H,12,16)(H,13,14,17,18). The highest BCUT2D eigenvalue weighted by atomic mass is 32.1. The molecule has 2 rings (SSSR count). The molecule has 0 fully saturated rings. The minimum absolute atomic E-state index is 0.245. The zero-order valence-electron chi connectivity index (χ0n) is 10.7. The van der Waals surface area contributed by atoms with E-state index in [0.29, 0.717) is 16.8 Å². The Labute approximate surface area is 114 Å². The van der Waals surface area contributed by atoms with Crippen LogP contribution in [0.25, 0.3) is 0 Å². The van der Waals surface area contributed by atoms with Crippen LogP contribution in [-0.4, -0.2) is 32.0 Å². The van der Waals surface area contributed by atoms with Crippen molar-refractivity contribution in [2.75, 3.05) is 17.2 Å². The van der Waals surface area contributed by atoms with E-state index in [0.717, 1.165) is 24.5 Å². The van der Waals surface area contributed by atoms with Crippen molar-refractivity contribution in [2.24, 2.45) is 0 Å². The van der Waals surface area contributed by atoms with Gasteiger partial charge in [-0.25, -0.2) is 4.98 Å². The van der Waals surface area contributed by atoms with Crippen LogP contribution in [0.4, 0.5) is 10.9 Å². The lowest BCUT2D eigenvalue weighted by atomic mass is 10.3. The van der Waals surface area contributed by atoms with E-state index in [1.165, 1.54) is 0 Å². The fraction of sp³-hybridized carbons (Fsp3) is 0.364. The molecule has 0 radical (unpaired) electrons. The number of aromatic nitrogens is 4. The van der Waals surface area contributed by atoms with Gasteiger partial charge in [-0.1, -0.05) is 6.92 Å². The van der Waals surface area contributed by atoms with Crippen LogP contribution in [0.15, 0.2) is 12.1 Å². The van der Waals surface area contributed by atoms with Crippen molar-refractivity contribution in [3.05, 3.63) is 23.7 Å². The number of rotatable bonds is 5. The van der Waals surface area contributed by atoms with Gasteiger partial charge in [-0.05, 0) is 25.5 Å². The molecule has 0 aromatic carbocycles. The van der Waals surface area contributed by atoms with Crippen molar-refractivity contribution >= 4 is 28.4 Å². The number of nitrogens with zero attached hydrogens (tertiary/aromatic N) is 4. The van der Waals surface area contributed by atoms with Crippen LogP contribution in [-0.2, 0) is 0 Å².